The van der Waals surface area contributed by atoms with Crippen LogP contribution in [0.5, 0.6) is 0 Å². The third-order valence-corrected chi connectivity index (χ3v) is 5.32. The third kappa shape index (κ3) is 2.15. The Hall–Kier alpha value is -1.46. The van der Waals surface area contributed by atoms with Gasteiger partial charge in [0.15, 0.2) is 17.2 Å². The fourth-order valence-electron chi connectivity index (χ4n) is 4.04. The van der Waals surface area contributed by atoms with E-state index in [-0.39, 0.29) is 0 Å². The largest absolute Gasteiger partial charge is 0.382 e. The summed E-state index contributed by atoms with van der Waals surface area (Å²) in [4.78, 5) is 9.30. The number of pyridine rings is 1. The lowest BCUT2D eigenvalue weighted by atomic mass is 9.92. The maximum Gasteiger partial charge on any atom is 0.228 e. The Kier molecular flexibility index (Phi) is 3.95. The molecule has 5 heteroatoms. The average molecular weight is 302 g/mol. The summed E-state index contributed by atoms with van der Waals surface area (Å²) in [5, 5.41) is 0. The molecule has 0 bridgehead atoms. The molecule has 1 unspecified atom stereocenters. The van der Waals surface area contributed by atoms with Crippen LogP contribution in [0, 0.1) is 13.8 Å². The lowest BCUT2D eigenvalue weighted by Crippen LogP contribution is -2.65. The molecule has 0 amide bonds. The quantitative estimate of drug-likeness (QED) is 0.661. The Morgan fingerprint density at radius 1 is 1.18 bits per heavy atom. The fourth-order valence-corrected chi connectivity index (χ4v) is 4.04. The maximum absolute atomic E-state index is 7.04. The van der Waals surface area contributed by atoms with Gasteiger partial charge in [0.2, 0.25) is 5.84 Å². The number of nitrogens with zero attached hydrogens (tertiary/aromatic N) is 3. The highest BCUT2D eigenvalue weighted by Gasteiger charge is 2.49. The molecule has 1 aliphatic carbocycles. The van der Waals surface area contributed by atoms with E-state index < -0.39 is 0 Å². The number of amidine groups is 1. The van der Waals surface area contributed by atoms with Crippen LogP contribution in [0.4, 0.5) is 17.2 Å². The molecule has 4 N–H and O–H groups in total. The average Bonchev–Trinajstić information content (AvgIpc) is 2.81. The summed E-state index contributed by atoms with van der Waals surface area (Å²) >= 11 is 0. The molecule has 1 aromatic rings. The van der Waals surface area contributed by atoms with Gasteiger partial charge in [-0.1, -0.05) is 13.3 Å². The van der Waals surface area contributed by atoms with Crippen LogP contribution in [0.3, 0.4) is 0 Å². The molecule has 22 heavy (non-hydrogen) atoms. The third-order valence-electron chi connectivity index (χ3n) is 5.32. The monoisotopic (exact) mass is 302 g/mol. The zero-order chi connectivity index (χ0) is 15.9. The molecule has 1 fully saturated rings. The normalized spacial score (nSPS) is 25.2. The summed E-state index contributed by atoms with van der Waals surface area (Å²) < 4.78 is 0.378. The van der Waals surface area contributed by atoms with Gasteiger partial charge in [0.1, 0.15) is 6.04 Å². The van der Waals surface area contributed by atoms with Gasteiger partial charge in [0.05, 0.1) is 0 Å². The van der Waals surface area contributed by atoms with Crippen LogP contribution < -0.4 is 16.2 Å². The fraction of sp³-hybridized carbons (Fsp3) is 0.647. The number of rotatable bonds is 3. The van der Waals surface area contributed by atoms with E-state index in [1.165, 1.54) is 32.1 Å². The van der Waals surface area contributed by atoms with Crippen LogP contribution in [0.2, 0.25) is 0 Å². The molecule has 1 aliphatic heterocycles. The molecule has 2 heterocycles. The summed E-state index contributed by atoms with van der Waals surface area (Å²) in [6.45, 7) is 6.29. The Balaban J connectivity index is 2.17. The highest BCUT2D eigenvalue weighted by molar-refractivity contribution is 6.05. The summed E-state index contributed by atoms with van der Waals surface area (Å²) in [5.41, 5.74) is 10.2. The van der Waals surface area contributed by atoms with Gasteiger partial charge in [-0.15, -0.1) is 0 Å². The van der Waals surface area contributed by atoms with E-state index in [1.807, 2.05) is 6.92 Å². The first-order chi connectivity index (χ1) is 10.5. The molecule has 2 aliphatic rings. The van der Waals surface area contributed by atoms with Crippen molar-refractivity contribution in [1.29, 1.82) is 0 Å². The van der Waals surface area contributed by atoms with Crippen LogP contribution in [-0.4, -0.2) is 16.9 Å². The molecule has 120 valence electrons. The topological polar surface area (TPSA) is 77.3 Å². The predicted octanol–water partition coefficient (Wildman–Crippen LogP) is 3.64. The zero-order valence-electron chi connectivity index (χ0n) is 14.0. The first kappa shape index (κ1) is 15.4. The van der Waals surface area contributed by atoms with Crippen molar-refractivity contribution in [2.45, 2.75) is 71.8 Å². The number of fused-ring (bicyclic) bond motifs is 1. The van der Waals surface area contributed by atoms with Crippen LogP contribution in [0.15, 0.2) is 4.99 Å². The van der Waals surface area contributed by atoms with Gasteiger partial charge in [-0.2, -0.15) is 15.4 Å². The summed E-state index contributed by atoms with van der Waals surface area (Å²) in [7, 11) is 0. The standard InChI is InChI=1S/C17H28N5/c1-4-8-14-21-15-16(11(2)12(3)20-17(15)18)22(14,19)13-9-6-5-7-10-13/h13H,4-10,19H2,1-3H3,(H2,18,20)/q+1. The van der Waals surface area contributed by atoms with Gasteiger partial charge < -0.3 is 5.73 Å². The predicted molar refractivity (Wildman–Crippen MR) is 93.0 cm³/mol. The second kappa shape index (κ2) is 5.63. The van der Waals surface area contributed by atoms with Crippen LogP contribution in [0.25, 0.3) is 0 Å². The van der Waals surface area contributed by atoms with Crippen molar-refractivity contribution in [1.82, 2.24) is 9.58 Å². The van der Waals surface area contributed by atoms with Crippen molar-refractivity contribution in [2.24, 2.45) is 10.8 Å². The number of aliphatic imine (C=N–C) groups is 1. The number of hydrogen-bond acceptors (Lipinski definition) is 4. The summed E-state index contributed by atoms with van der Waals surface area (Å²) in [6, 6.07) is 0.417. The molecule has 0 saturated heterocycles. The molecule has 1 aromatic heterocycles. The molecule has 1 saturated carbocycles. The molecule has 5 nitrogen and oxygen atoms in total. The Labute approximate surface area is 133 Å². The Bertz CT molecular complexity index is 616. The van der Waals surface area contributed by atoms with Crippen molar-refractivity contribution >= 4 is 23.0 Å². The van der Waals surface area contributed by atoms with E-state index in [0.717, 1.165) is 41.3 Å². The lowest BCUT2D eigenvalue weighted by Gasteiger charge is -2.39. The Morgan fingerprint density at radius 2 is 1.86 bits per heavy atom. The van der Waals surface area contributed by atoms with Crippen molar-refractivity contribution in [3.63, 3.8) is 0 Å². The first-order valence-corrected chi connectivity index (χ1v) is 8.52. The molecular weight excluding hydrogens is 274 g/mol. The van der Waals surface area contributed by atoms with Gasteiger partial charge in [-0.3, -0.25) is 0 Å². The molecule has 0 spiro atoms. The SMILES string of the molecule is CCCC1=Nc2c(N)nc(C)c(C)c2[N+]1(N)C1CCCCC1. The minimum Gasteiger partial charge on any atom is -0.382 e. The van der Waals surface area contributed by atoms with Gasteiger partial charge in [0.25, 0.3) is 0 Å². The number of anilines is 1. The van der Waals surface area contributed by atoms with E-state index in [2.05, 4.69) is 18.8 Å². The number of quaternary nitrogens is 1. The van der Waals surface area contributed by atoms with Crippen LogP contribution >= 0.6 is 0 Å². The van der Waals surface area contributed by atoms with Gasteiger partial charge >= 0.3 is 0 Å². The van der Waals surface area contributed by atoms with Crippen molar-refractivity contribution in [3.8, 4) is 0 Å². The van der Waals surface area contributed by atoms with E-state index in [1.54, 1.807) is 0 Å². The van der Waals surface area contributed by atoms with Crippen molar-refractivity contribution in [3.05, 3.63) is 11.3 Å². The van der Waals surface area contributed by atoms with E-state index in [4.69, 9.17) is 16.6 Å². The van der Waals surface area contributed by atoms with E-state index >= 15 is 0 Å². The van der Waals surface area contributed by atoms with Crippen molar-refractivity contribution < 1.29 is 0 Å². The smallest absolute Gasteiger partial charge is 0.228 e. The highest BCUT2D eigenvalue weighted by atomic mass is 15.6. The minimum absolute atomic E-state index is 0.378. The van der Waals surface area contributed by atoms with Crippen molar-refractivity contribution in [2.75, 3.05) is 5.73 Å². The number of nitrogens with two attached hydrogens (primary N) is 2. The molecule has 0 radical (unpaired) electrons. The van der Waals surface area contributed by atoms with Gasteiger partial charge in [-0.25, -0.2) is 4.98 Å². The van der Waals surface area contributed by atoms with Gasteiger partial charge in [0, 0.05) is 30.5 Å². The van der Waals surface area contributed by atoms with E-state index in [9.17, 15) is 0 Å². The molecule has 3 rings (SSSR count). The number of aryl methyl sites for hydroxylation is 1. The van der Waals surface area contributed by atoms with E-state index in [0.29, 0.717) is 16.5 Å². The lowest BCUT2D eigenvalue weighted by molar-refractivity contribution is 0.247. The Morgan fingerprint density at radius 3 is 2.50 bits per heavy atom. The summed E-state index contributed by atoms with van der Waals surface area (Å²) in [5.74, 6) is 8.62. The zero-order valence-corrected chi connectivity index (χ0v) is 14.0. The molecule has 0 aromatic carbocycles. The van der Waals surface area contributed by atoms with Crippen LogP contribution in [-0.2, 0) is 0 Å². The first-order valence-electron chi connectivity index (χ1n) is 8.52. The number of aromatic nitrogens is 1. The summed E-state index contributed by atoms with van der Waals surface area (Å²) in [6.07, 6.45) is 8.13. The highest BCUT2D eigenvalue weighted by Crippen LogP contribution is 2.48. The number of nitrogen functional groups attached to an aromatic ring is 1. The van der Waals surface area contributed by atoms with Gasteiger partial charge in [-0.05, 0) is 33.1 Å². The van der Waals surface area contributed by atoms with Crippen LogP contribution in [0.1, 0.15) is 63.1 Å². The maximum atomic E-state index is 7.04. The second-order valence-electron chi connectivity index (χ2n) is 6.75. The molecular formula is C17H28N5+. The molecule has 1 atom stereocenters. The second-order valence-corrected chi connectivity index (χ2v) is 6.75. The minimum atomic E-state index is 0.378. The number of hydrogen-bond donors (Lipinski definition) is 2.